The molecule has 3 nitrogen and oxygen atoms in total. The third kappa shape index (κ3) is 2.99. The Balaban J connectivity index is 2.08. The first kappa shape index (κ1) is 12.4. The zero-order valence-electron chi connectivity index (χ0n) is 10.7. The predicted octanol–water partition coefficient (Wildman–Crippen LogP) is 2.31. The Morgan fingerprint density at radius 3 is 3.06 bits per heavy atom. The van der Waals surface area contributed by atoms with Gasteiger partial charge in [-0.15, -0.1) is 0 Å². The quantitative estimate of drug-likeness (QED) is 0.794. The molecule has 1 atom stereocenters. The van der Waals surface area contributed by atoms with Crippen molar-refractivity contribution in [3.8, 4) is 5.75 Å². The lowest BCUT2D eigenvalue weighted by Gasteiger charge is -2.27. The molecule has 1 N–H and O–H groups in total. The molecule has 0 spiro atoms. The normalized spacial score (nSPS) is 18.8. The van der Waals surface area contributed by atoms with Gasteiger partial charge >= 0.3 is 0 Å². The van der Waals surface area contributed by atoms with Crippen molar-refractivity contribution in [3.63, 3.8) is 0 Å². The fourth-order valence-electron chi connectivity index (χ4n) is 2.25. The van der Waals surface area contributed by atoms with Crippen molar-refractivity contribution < 1.29 is 9.47 Å². The van der Waals surface area contributed by atoms with Gasteiger partial charge in [0.25, 0.3) is 0 Å². The van der Waals surface area contributed by atoms with Crippen LogP contribution in [0.2, 0.25) is 0 Å². The monoisotopic (exact) mass is 235 g/mol. The topological polar surface area (TPSA) is 30.5 Å². The van der Waals surface area contributed by atoms with Gasteiger partial charge in [0, 0.05) is 6.61 Å². The molecule has 0 saturated heterocycles. The Hall–Kier alpha value is -1.06. The molecule has 1 aromatic rings. The second-order valence-corrected chi connectivity index (χ2v) is 4.40. The number of hydrogen-bond donors (Lipinski definition) is 1. The summed E-state index contributed by atoms with van der Waals surface area (Å²) in [6, 6.07) is 6.65. The Bertz CT molecular complexity index is 365. The van der Waals surface area contributed by atoms with E-state index < -0.39 is 0 Å². The number of benzene rings is 1. The number of ether oxygens (including phenoxy) is 2. The number of hydrogen-bond acceptors (Lipinski definition) is 3. The summed E-state index contributed by atoms with van der Waals surface area (Å²) < 4.78 is 10.9. The van der Waals surface area contributed by atoms with Crippen LogP contribution in [0.4, 0.5) is 0 Å². The van der Waals surface area contributed by atoms with Crippen LogP contribution in [-0.2, 0) is 11.2 Å². The first-order valence-corrected chi connectivity index (χ1v) is 6.33. The van der Waals surface area contributed by atoms with Gasteiger partial charge in [0.1, 0.15) is 5.75 Å². The average molecular weight is 235 g/mol. The van der Waals surface area contributed by atoms with Gasteiger partial charge in [0.15, 0.2) is 0 Å². The van der Waals surface area contributed by atoms with E-state index in [-0.39, 0.29) is 0 Å². The summed E-state index contributed by atoms with van der Waals surface area (Å²) in [5.41, 5.74) is 2.74. The van der Waals surface area contributed by atoms with Crippen molar-refractivity contribution in [1.29, 1.82) is 0 Å². The summed E-state index contributed by atoms with van der Waals surface area (Å²) in [6.07, 6.45) is 2.14. The molecule has 0 saturated carbocycles. The second-order valence-electron chi connectivity index (χ2n) is 4.40. The minimum atomic E-state index is 0.330. The van der Waals surface area contributed by atoms with Gasteiger partial charge in [-0.1, -0.05) is 13.0 Å². The summed E-state index contributed by atoms with van der Waals surface area (Å²) in [7, 11) is 1.71. The van der Waals surface area contributed by atoms with Crippen molar-refractivity contribution in [1.82, 2.24) is 5.32 Å². The van der Waals surface area contributed by atoms with Crippen LogP contribution in [0.25, 0.3) is 0 Å². The van der Waals surface area contributed by atoms with Crippen molar-refractivity contribution in [2.75, 3.05) is 26.9 Å². The fourth-order valence-corrected chi connectivity index (χ4v) is 2.25. The molecule has 0 amide bonds. The molecule has 1 aromatic carbocycles. The average Bonchev–Trinajstić information content (AvgIpc) is 2.38. The van der Waals surface area contributed by atoms with Gasteiger partial charge in [0.2, 0.25) is 0 Å². The molecule has 1 aliphatic heterocycles. The maximum Gasteiger partial charge on any atom is 0.119 e. The highest BCUT2D eigenvalue weighted by Gasteiger charge is 2.19. The van der Waals surface area contributed by atoms with E-state index in [0.717, 1.165) is 38.3 Å². The molecule has 0 fully saturated rings. The van der Waals surface area contributed by atoms with E-state index in [9.17, 15) is 0 Å². The van der Waals surface area contributed by atoms with Gasteiger partial charge in [-0.25, -0.2) is 0 Å². The van der Waals surface area contributed by atoms with Gasteiger partial charge in [-0.05, 0) is 42.6 Å². The van der Waals surface area contributed by atoms with Crippen LogP contribution < -0.4 is 10.1 Å². The molecule has 17 heavy (non-hydrogen) atoms. The lowest BCUT2D eigenvalue weighted by molar-refractivity contribution is 0.110. The van der Waals surface area contributed by atoms with E-state index in [0.29, 0.717) is 6.04 Å². The predicted molar refractivity (Wildman–Crippen MR) is 68.6 cm³/mol. The second kappa shape index (κ2) is 6.03. The molecule has 1 heterocycles. The van der Waals surface area contributed by atoms with Crippen molar-refractivity contribution >= 4 is 0 Å². The summed E-state index contributed by atoms with van der Waals surface area (Å²) in [6.45, 7) is 4.74. The summed E-state index contributed by atoms with van der Waals surface area (Å²) >= 11 is 0. The molecule has 3 heteroatoms. The highest BCUT2D eigenvalue weighted by Crippen LogP contribution is 2.26. The van der Waals surface area contributed by atoms with E-state index in [1.165, 1.54) is 11.1 Å². The van der Waals surface area contributed by atoms with Crippen LogP contribution in [-0.4, -0.2) is 26.9 Å². The third-order valence-electron chi connectivity index (χ3n) is 3.14. The minimum Gasteiger partial charge on any atom is -0.497 e. The Labute approximate surface area is 103 Å². The number of nitrogens with one attached hydrogen (secondary N) is 1. The summed E-state index contributed by atoms with van der Waals surface area (Å²) in [5.74, 6) is 0.943. The zero-order chi connectivity index (χ0) is 12.1. The smallest absolute Gasteiger partial charge is 0.119 e. The van der Waals surface area contributed by atoms with Crippen molar-refractivity contribution in [2.45, 2.75) is 25.8 Å². The lowest BCUT2D eigenvalue weighted by atomic mass is 9.94. The highest BCUT2D eigenvalue weighted by molar-refractivity contribution is 5.39. The van der Waals surface area contributed by atoms with E-state index in [1.807, 2.05) is 6.07 Å². The fraction of sp³-hybridized carbons (Fsp3) is 0.571. The van der Waals surface area contributed by atoms with E-state index >= 15 is 0 Å². The minimum absolute atomic E-state index is 0.330. The van der Waals surface area contributed by atoms with E-state index in [2.05, 4.69) is 24.4 Å². The molecular weight excluding hydrogens is 214 g/mol. The molecule has 0 bridgehead atoms. The molecule has 94 valence electrons. The zero-order valence-corrected chi connectivity index (χ0v) is 10.7. The van der Waals surface area contributed by atoms with Gasteiger partial charge < -0.3 is 14.8 Å². The largest absolute Gasteiger partial charge is 0.497 e. The highest BCUT2D eigenvalue weighted by atomic mass is 16.5. The molecule has 0 radical (unpaired) electrons. The van der Waals surface area contributed by atoms with Gasteiger partial charge in [0.05, 0.1) is 19.8 Å². The van der Waals surface area contributed by atoms with Gasteiger partial charge in [-0.2, -0.15) is 0 Å². The van der Waals surface area contributed by atoms with Gasteiger partial charge in [-0.3, -0.25) is 0 Å². The lowest BCUT2D eigenvalue weighted by Crippen LogP contribution is -2.32. The SMILES string of the molecule is CCCOCC1NCCc2cc(OC)ccc21. The molecule has 0 aliphatic carbocycles. The molecule has 0 aromatic heterocycles. The van der Waals surface area contributed by atoms with Crippen molar-refractivity contribution in [3.05, 3.63) is 29.3 Å². The number of fused-ring (bicyclic) bond motifs is 1. The van der Waals surface area contributed by atoms with E-state index in [4.69, 9.17) is 9.47 Å². The molecule has 1 unspecified atom stereocenters. The Kier molecular flexibility index (Phi) is 4.40. The molecule has 2 rings (SSSR count). The maximum atomic E-state index is 5.64. The maximum absolute atomic E-state index is 5.64. The van der Waals surface area contributed by atoms with Crippen molar-refractivity contribution in [2.24, 2.45) is 0 Å². The Morgan fingerprint density at radius 1 is 1.41 bits per heavy atom. The van der Waals surface area contributed by atoms with Crippen LogP contribution in [0, 0.1) is 0 Å². The Morgan fingerprint density at radius 2 is 2.29 bits per heavy atom. The van der Waals surface area contributed by atoms with Crippen LogP contribution in [0.3, 0.4) is 0 Å². The number of rotatable bonds is 5. The summed E-state index contributed by atoms with van der Waals surface area (Å²) in [4.78, 5) is 0. The molecular formula is C14H21NO2. The first-order chi connectivity index (χ1) is 8.35. The number of methoxy groups -OCH3 is 1. The third-order valence-corrected chi connectivity index (χ3v) is 3.14. The van der Waals surface area contributed by atoms with Crippen LogP contribution in [0.1, 0.15) is 30.5 Å². The van der Waals surface area contributed by atoms with E-state index in [1.54, 1.807) is 7.11 Å². The standard InChI is InChI=1S/C14H21NO2/c1-3-8-17-10-14-13-5-4-12(16-2)9-11(13)6-7-15-14/h4-5,9,14-15H,3,6-8,10H2,1-2H3. The first-order valence-electron chi connectivity index (χ1n) is 6.33. The van der Waals surface area contributed by atoms with Crippen LogP contribution >= 0.6 is 0 Å². The molecule has 1 aliphatic rings. The van der Waals surface area contributed by atoms with Crippen LogP contribution in [0.15, 0.2) is 18.2 Å². The van der Waals surface area contributed by atoms with Crippen LogP contribution in [0.5, 0.6) is 5.75 Å². The summed E-state index contributed by atoms with van der Waals surface area (Å²) in [5, 5.41) is 3.51.